The van der Waals surface area contributed by atoms with Gasteiger partial charge in [-0.15, -0.1) is 0 Å². The van der Waals surface area contributed by atoms with E-state index >= 15 is 0 Å². The fourth-order valence-electron chi connectivity index (χ4n) is 1.98. The highest BCUT2D eigenvalue weighted by Gasteiger charge is 2.22. The van der Waals surface area contributed by atoms with Gasteiger partial charge < -0.3 is 9.88 Å². The minimum Gasteiger partial charge on any atom is -0.349 e. The van der Waals surface area contributed by atoms with Crippen LogP contribution in [0.1, 0.15) is 32.9 Å². The first-order chi connectivity index (χ1) is 8.97. The molecular weight excluding hydrogens is 262 g/mol. The second-order valence-corrected chi connectivity index (χ2v) is 6.60. The summed E-state index contributed by atoms with van der Waals surface area (Å²) >= 11 is 0. The molecule has 0 bridgehead atoms. The van der Waals surface area contributed by atoms with Gasteiger partial charge in [0, 0.05) is 38.6 Å². The molecule has 1 N–H and O–H groups in total. The van der Waals surface area contributed by atoms with Crippen molar-refractivity contribution in [1.29, 1.82) is 0 Å². The summed E-state index contributed by atoms with van der Waals surface area (Å²) in [5, 5.41) is 3.23. The van der Waals surface area contributed by atoms with Crippen LogP contribution in [-0.2, 0) is 23.1 Å². The molecule has 0 saturated carbocycles. The van der Waals surface area contributed by atoms with E-state index in [9.17, 15) is 8.42 Å². The van der Waals surface area contributed by atoms with Gasteiger partial charge >= 0.3 is 0 Å². The van der Waals surface area contributed by atoms with Gasteiger partial charge in [-0.3, -0.25) is 0 Å². The summed E-state index contributed by atoms with van der Waals surface area (Å²) in [6, 6.07) is 1.77. The van der Waals surface area contributed by atoms with Crippen LogP contribution < -0.4 is 5.32 Å². The molecule has 0 unspecified atom stereocenters. The van der Waals surface area contributed by atoms with Crippen LogP contribution in [0.2, 0.25) is 0 Å². The van der Waals surface area contributed by atoms with Crippen LogP contribution in [-0.4, -0.2) is 37.4 Å². The summed E-state index contributed by atoms with van der Waals surface area (Å²) in [4.78, 5) is 0.387. The lowest BCUT2D eigenvalue weighted by Crippen LogP contribution is -2.27. The van der Waals surface area contributed by atoms with Crippen molar-refractivity contribution in [3.63, 3.8) is 0 Å². The number of aromatic nitrogens is 1. The predicted octanol–water partition coefficient (Wildman–Crippen LogP) is 1.65. The molecular formula is C13H25N3O2S. The SMILES string of the molecule is CCCN(C)S(=O)(=O)c1cc(CNCC)n(CC)c1. The third kappa shape index (κ3) is 3.81. The quantitative estimate of drug-likeness (QED) is 0.791. The Bertz CT molecular complexity index is 494. The average Bonchev–Trinajstić information content (AvgIpc) is 2.80. The molecule has 1 rings (SSSR count). The van der Waals surface area contributed by atoms with Crippen molar-refractivity contribution in [3.05, 3.63) is 18.0 Å². The molecule has 0 aliphatic carbocycles. The Kier molecular flexibility index (Phi) is 6.03. The zero-order valence-electron chi connectivity index (χ0n) is 12.3. The van der Waals surface area contributed by atoms with E-state index in [4.69, 9.17) is 0 Å². The minimum atomic E-state index is -3.35. The van der Waals surface area contributed by atoms with Crippen molar-refractivity contribution >= 4 is 10.0 Å². The molecule has 0 atom stereocenters. The summed E-state index contributed by atoms with van der Waals surface area (Å²) in [7, 11) is -1.72. The van der Waals surface area contributed by atoms with Gasteiger partial charge in [0.05, 0.1) is 0 Å². The summed E-state index contributed by atoms with van der Waals surface area (Å²) in [6.07, 6.45) is 2.54. The highest BCUT2D eigenvalue weighted by atomic mass is 32.2. The van der Waals surface area contributed by atoms with E-state index in [1.165, 1.54) is 4.31 Å². The molecule has 5 nitrogen and oxygen atoms in total. The first-order valence-electron chi connectivity index (χ1n) is 6.83. The lowest BCUT2D eigenvalue weighted by atomic mass is 10.4. The molecule has 0 spiro atoms. The molecule has 0 aliphatic rings. The van der Waals surface area contributed by atoms with Crippen LogP contribution in [0.4, 0.5) is 0 Å². The Labute approximate surface area is 116 Å². The first kappa shape index (κ1) is 16.2. The Hall–Kier alpha value is -0.850. The second kappa shape index (κ2) is 7.07. The van der Waals surface area contributed by atoms with Gasteiger partial charge in [-0.25, -0.2) is 12.7 Å². The smallest absolute Gasteiger partial charge is 0.244 e. The normalized spacial score (nSPS) is 12.3. The third-order valence-electron chi connectivity index (χ3n) is 3.10. The minimum absolute atomic E-state index is 0.387. The van der Waals surface area contributed by atoms with Crippen molar-refractivity contribution in [2.75, 3.05) is 20.1 Å². The largest absolute Gasteiger partial charge is 0.349 e. The highest BCUT2D eigenvalue weighted by molar-refractivity contribution is 7.89. The zero-order valence-corrected chi connectivity index (χ0v) is 13.1. The van der Waals surface area contributed by atoms with Crippen LogP contribution >= 0.6 is 0 Å². The Balaban J connectivity index is 3.04. The molecule has 1 heterocycles. The Morgan fingerprint density at radius 1 is 1.32 bits per heavy atom. The van der Waals surface area contributed by atoms with Crippen LogP contribution in [0.3, 0.4) is 0 Å². The van der Waals surface area contributed by atoms with E-state index in [0.717, 1.165) is 25.2 Å². The van der Waals surface area contributed by atoms with Crippen LogP contribution in [0.5, 0.6) is 0 Å². The molecule has 19 heavy (non-hydrogen) atoms. The molecule has 0 aromatic carbocycles. The highest BCUT2D eigenvalue weighted by Crippen LogP contribution is 2.18. The number of sulfonamides is 1. The lowest BCUT2D eigenvalue weighted by molar-refractivity contribution is 0.468. The van der Waals surface area contributed by atoms with E-state index in [-0.39, 0.29) is 0 Å². The number of hydrogen-bond acceptors (Lipinski definition) is 3. The molecule has 0 radical (unpaired) electrons. The molecule has 0 aliphatic heterocycles. The van der Waals surface area contributed by atoms with Crippen LogP contribution in [0, 0.1) is 0 Å². The summed E-state index contributed by atoms with van der Waals surface area (Å²) < 4.78 is 28.1. The fourth-order valence-corrected chi connectivity index (χ4v) is 3.31. The van der Waals surface area contributed by atoms with Gasteiger partial charge in [0.1, 0.15) is 4.90 Å². The maximum absolute atomic E-state index is 12.4. The van der Waals surface area contributed by atoms with Crippen molar-refractivity contribution < 1.29 is 8.42 Å². The van der Waals surface area contributed by atoms with E-state index in [0.29, 0.717) is 18.0 Å². The Morgan fingerprint density at radius 3 is 2.53 bits per heavy atom. The van der Waals surface area contributed by atoms with Gasteiger partial charge in [-0.05, 0) is 26.0 Å². The molecule has 0 fully saturated rings. The number of rotatable bonds is 8. The number of nitrogens with zero attached hydrogens (tertiary/aromatic N) is 2. The summed E-state index contributed by atoms with van der Waals surface area (Å²) in [6.45, 7) is 8.90. The van der Waals surface area contributed by atoms with E-state index < -0.39 is 10.0 Å². The fraction of sp³-hybridized carbons (Fsp3) is 0.692. The number of hydrogen-bond donors (Lipinski definition) is 1. The number of aryl methyl sites for hydroxylation is 1. The predicted molar refractivity (Wildman–Crippen MR) is 77.6 cm³/mol. The van der Waals surface area contributed by atoms with Crippen LogP contribution in [0.15, 0.2) is 17.2 Å². The second-order valence-electron chi connectivity index (χ2n) is 4.56. The number of nitrogens with one attached hydrogen (secondary N) is 1. The first-order valence-corrected chi connectivity index (χ1v) is 8.27. The van der Waals surface area contributed by atoms with E-state index in [2.05, 4.69) is 5.32 Å². The maximum Gasteiger partial charge on any atom is 0.244 e. The molecule has 110 valence electrons. The van der Waals surface area contributed by atoms with Crippen molar-refractivity contribution in [2.24, 2.45) is 0 Å². The van der Waals surface area contributed by atoms with Crippen molar-refractivity contribution in [2.45, 2.75) is 45.2 Å². The van der Waals surface area contributed by atoms with Gasteiger partial charge in [0.2, 0.25) is 10.0 Å². The molecule has 1 aromatic heterocycles. The summed E-state index contributed by atoms with van der Waals surface area (Å²) in [5.41, 5.74) is 1.01. The molecule has 6 heteroatoms. The topological polar surface area (TPSA) is 54.3 Å². The molecule has 1 aromatic rings. The average molecular weight is 287 g/mol. The third-order valence-corrected chi connectivity index (χ3v) is 4.93. The summed E-state index contributed by atoms with van der Waals surface area (Å²) in [5.74, 6) is 0. The molecule has 0 saturated heterocycles. The lowest BCUT2D eigenvalue weighted by Gasteiger charge is -2.14. The van der Waals surface area contributed by atoms with Crippen LogP contribution in [0.25, 0.3) is 0 Å². The Morgan fingerprint density at radius 2 is 2.00 bits per heavy atom. The maximum atomic E-state index is 12.4. The van der Waals surface area contributed by atoms with E-state index in [1.807, 2.05) is 25.3 Å². The molecule has 0 amide bonds. The van der Waals surface area contributed by atoms with Gasteiger partial charge in [-0.1, -0.05) is 13.8 Å². The van der Waals surface area contributed by atoms with Crippen molar-refractivity contribution in [1.82, 2.24) is 14.2 Å². The standard InChI is InChI=1S/C13H25N3O2S/c1-5-8-15(4)19(17,18)13-9-12(10-14-6-2)16(7-3)11-13/h9,11,14H,5-8,10H2,1-4H3. The van der Waals surface area contributed by atoms with E-state index in [1.54, 1.807) is 19.3 Å². The zero-order chi connectivity index (χ0) is 14.5. The monoisotopic (exact) mass is 287 g/mol. The van der Waals surface area contributed by atoms with Gasteiger partial charge in [-0.2, -0.15) is 0 Å². The van der Waals surface area contributed by atoms with Crippen molar-refractivity contribution in [3.8, 4) is 0 Å². The van der Waals surface area contributed by atoms with Gasteiger partial charge in [0.15, 0.2) is 0 Å². The van der Waals surface area contributed by atoms with Gasteiger partial charge in [0.25, 0.3) is 0 Å².